The van der Waals surface area contributed by atoms with Gasteiger partial charge in [0.2, 0.25) is 5.91 Å². The first kappa shape index (κ1) is 6.67. The molecule has 4 nitrogen and oxygen atoms in total. The van der Waals surface area contributed by atoms with E-state index in [0.29, 0.717) is 0 Å². The third kappa shape index (κ3) is 1.10. The van der Waals surface area contributed by atoms with Gasteiger partial charge in [-0.15, -0.1) is 0 Å². The summed E-state index contributed by atoms with van der Waals surface area (Å²) in [5.41, 5.74) is 4.85. The van der Waals surface area contributed by atoms with E-state index in [1.807, 2.05) is 0 Å². The standard InChI is InChI=1S/C6H6N2O2/c7-6(10)5-4(9)2-1-3-8-5/h1-3,5H,(H2,7,10). The van der Waals surface area contributed by atoms with Gasteiger partial charge in [-0.05, 0) is 12.2 Å². The molecular formula is C6H6N2O2. The Morgan fingerprint density at radius 3 is 2.80 bits per heavy atom. The molecule has 0 aromatic rings. The first-order valence-corrected chi connectivity index (χ1v) is 2.75. The second kappa shape index (κ2) is 2.43. The van der Waals surface area contributed by atoms with Gasteiger partial charge in [-0.2, -0.15) is 0 Å². The topological polar surface area (TPSA) is 72.5 Å². The second-order valence-corrected chi connectivity index (χ2v) is 1.86. The van der Waals surface area contributed by atoms with Gasteiger partial charge in [-0.25, -0.2) is 0 Å². The largest absolute Gasteiger partial charge is 0.367 e. The van der Waals surface area contributed by atoms with Crippen LogP contribution in [0.15, 0.2) is 17.1 Å². The van der Waals surface area contributed by atoms with Crippen molar-refractivity contribution in [1.29, 1.82) is 0 Å². The first-order valence-electron chi connectivity index (χ1n) is 2.75. The van der Waals surface area contributed by atoms with Crippen LogP contribution in [-0.2, 0) is 9.59 Å². The molecule has 52 valence electrons. The third-order valence-electron chi connectivity index (χ3n) is 1.12. The summed E-state index contributed by atoms with van der Waals surface area (Å²) in [6.45, 7) is 0. The predicted octanol–water partition coefficient (Wildman–Crippen LogP) is -0.950. The Morgan fingerprint density at radius 1 is 1.70 bits per heavy atom. The summed E-state index contributed by atoms with van der Waals surface area (Å²) in [5.74, 6) is -1.05. The van der Waals surface area contributed by atoms with Crippen LogP contribution < -0.4 is 5.73 Å². The van der Waals surface area contributed by atoms with Gasteiger partial charge in [0.05, 0.1) is 0 Å². The summed E-state index contributed by atoms with van der Waals surface area (Å²) in [6, 6.07) is -0.995. The summed E-state index contributed by atoms with van der Waals surface area (Å²) in [6.07, 6.45) is 4.14. The Kier molecular flexibility index (Phi) is 1.62. The lowest BCUT2D eigenvalue weighted by Gasteiger charge is -2.04. The van der Waals surface area contributed by atoms with Crippen LogP contribution in [0, 0.1) is 0 Å². The van der Waals surface area contributed by atoms with Crippen LogP contribution in [0.4, 0.5) is 0 Å². The van der Waals surface area contributed by atoms with Gasteiger partial charge in [-0.1, -0.05) is 0 Å². The van der Waals surface area contributed by atoms with E-state index in [4.69, 9.17) is 5.73 Å². The molecule has 0 saturated heterocycles. The van der Waals surface area contributed by atoms with Crippen LogP contribution in [0.5, 0.6) is 0 Å². The van der Waals surface area contributed by atoms with Crippen LogP contribution >= 0.6 is 0 Å². The Morgan fingerprint density at radius 2 is 2.40 bits per heavy atom. The van der Waals surface area contributed by atoms with Crippen molar-refractivity contribution in [2.75, 3.05) is 0 Å². The zero-order valence-electron chi connectivity index (χ0n) is 5.15. The minimum Gasteiger partial charge on any atom is -0.367 e. The van der Waals surface area contributed by atoms with E-state index in [1.165, 1.54) is 18.4 Å². The molecule has 4 heteroatoms. The lowest BCUT2D eigenvalue weighted by molar-refractivity contribution is -0.125. The number of dihydropyridines is 1. The molecule has 1 aliphatic heterocycles. The Bertz CT molecular complexity index is 230. The van der Waals surface area contributed by atoms with Gasteiger partial charge in [0, 0.05) is 6.21 Å². The molecule has 1 heterocycles. The van der Waals surface area contributed by atoms with Crippen LogP contribution in [0.2, 0.25) is 0 Å². The fourth-order valence-corrected chi connectivity index (χ4v) is 0.652. The minimum absolute atomic E-state index is 0.352. The fraction of sp³-hybridized carbons (Fsp3) is 0.167. The number of nitrogens with two attached hydrogens (primary N) is 1. The zero-order valence-corrected chi connectivity index (χ0v) is 5.15. The fourth-order valence-electron chi connectivity index (χ4n) is 0.652. The molecule has 0 aromatic heterocycles. The zero-order chi connectivity index (χ0) is 7.56. The number of carbonyl (C=O) groups excluding carboxylic acids is 2. The van der Waals surface area contributed by atoms with Crippen molar-refractivity contribution < 1.29 is 9.59 Å². The molecule has 1 rings (SSSR count). The van der Waals surface area contributed by atoms with Gasteiger partial charge in [0.1, 0.15) is 0 Å². The molecule has 1 aliphatic rings. The van der Waals surface area contributed by atoms with Crippen molar-refractivity contribution in [1.82, 2.24) is 0 Å². The molecule has 10 heavy (non-hydrogen) atoms. The average Bonchev–Trinajstić information content (AvgIpc) is 1.88. The number of amides is 1. The molecule has 0 aliphatic carbocycles. The van der Waals surface area contributed by atoms with Crippen LogP contribution in [0.25, 0.3) is 0 Å². The summed E-state index contributed by atoms with van der Waals surface area (Å²) in [4.78, 5) is 24.7. The van der Waals surface area contributed by atoms with Crippen molar-refractivity contribution in [3.63, 3.8) is 0 Å². The van der Waals surface area contributed by atoms with E-state index in [2.05, 4.69) is 4.99 Å². The minimum atomic E-state index is -0.995. The van der Waals surface area contributed by atoms with Gasteiger partial charge in [-0.3, -0.25) is 14.6 Å². The van der Waals surface area contributed by atoms with Gasteiger partial charge in [0.15, 0.2) is 11.8 Å². The maximum Gasteiger partial charge on any atom is 0.250 e. The van der Waals surface area contributed by atoms with Gasteiger partial charge >= 0.3 is 0 Å². The predicted molar refractivity (Wildman–Crippen MR) is 35.6 cm³/mol. The molecule has 0 radical (unpaired) electrons. The molecule has 0 fully saturated rings. The first-order chi connectivity index (χ1) is 4.72. The van der Waals surface area contributed by atoms with Crippen molar-refractivity contribution in [3.05, 3.63) is 12.2 Å². The number of rotatable bonds is 1. The van der Waals surface area contributed by atoms with E-state index < -0.39 is 11.9 Å². The second-order valence-electron chi connectivity index (χ2n) is 1.86. The van der Waals surface area contributed by atoms with Crippen molar-refractivity contribution >= 4 is 17.9 Å². The molecule has 0 spiro atoms. The molecule has 2 N–H and O–H groups in total. The van der Waals surface area contributed by atoms with Crippen molar-refractivity contribution in [3.8, 4) is 0 Å². The number of hydrogen-bond acceptors (Lipinski definition) is 3. The van der Waals surface area contributed by atoms with Gasteiger partial charge < -0.3 is 5.73 Å². The number of allylic oxidation sites excluding steroid dienone is 1. The van der Waals surface area contributed by atoms with Crippen LogP contribution in [0.1, 0.15) is 0 Å². The number of carbonyl (C=O) groups is 2. The Hall–Kier alpha value is -1.45. The quantitative estimate of drug-likeness (QED) is 0.474. The molecule has 0 aromatic carbocycles. The van der Waals surface area contributed by atoms with Crippen molar-refractivity contribution in [2.24, 2.45) is 10.7 Å². The summed E-state index contributed by atoms with van der Waals surface area (Å²) in [5, 5.41) is 0. The number of nitrogens with zero attached hydrogens (tertiary/aromatic N) is 1. The molecular weight excluding hydrogens is 132 g/mol. The van der Waals surface area contributed by atoms with E-state index in [9.17, 15) is 9.59 Å². The molecule has 0 saturated carbocycles. The lowest BCUT2D eigenvalue weighted by atomic mass is 10.1. The number of ketones is 1. The Labute approximate surface area is 57.4 Å². The number of hydrogen-bond donors (Lipinski definition) is 1. The average molecular weight is 138 g/mol. The molecule has 1 unspecified atom stereocenters. The van der Waals surface area contributed by atoms with Gasteiger partial charge in [0.25, 0.3) is 0 Å². The smallest absolute Gasteiger partial charge is 0.250 e. The van der Waals surface area contributed by atoms with Crippen molar-refractivity contribution in [2.45, 2.75) is 6.04 Å². The highest BCUT2D eigenvalue weighted by molar-refractivity contribution is 6.13. The third-order valence-corrected chi connectivity index (χ3v) is 1.12. The molecule has 0 bridgehead atoms. The maximum absolute atomic E-state index is 10.7. The van der Waals surface area contributed by atoms with Crippen LogP contribution in [0.3, 0.4) is 0 Å². The molecule has 1 atom stereocenters. The van der Waals surface area contributed by atoms with E-state index in [0.717, 1.165) is 0 Å². The van der Waals surface area contributed by atoms with E-state index in [-0.39, 0.29) is 5.78 Å². The van der Waals surface area contributed by atoms with E-state index in [1.54, 1.807) is 0 Å². The highest BCUT2D eigenvalue weighted by atomic mass is 16.2. The highest BCUT2D eigenvalue weighted by Crippen LogP contribution is 1.97. The monoisotopic (exact) mass is 138 g/mol. The lowest BCUT2D eigenvalue weighted by Crippen LogP contribution is -2.34. The SMILES string of the molecule is NC(=O)C1N=CC=CC1=O. The van der Waals surface area contributed by atoms with E-state index >= 15 is 0 Å². The normalized spacial score (nSPS) is 23.2. The number of aliphatic imine (C=N–C) groups is 1. The Balaban J connectivity index is 2.80. The highest BCUT2D eigenvalue weighted by Gasteiger charge is 2.21. The van der Waals surface area contributed by atoms with Crippen LogP contribution in [-0.4, -0.2) is 23.9 Å². The summed E-state index contributed by atoms with van der Waals surface area (Å²) >= 11 is 0. The summed E-state index contributed by atoms with van der Waals surface area (Å²) in [7, 11) is 0. The summed E-state index contributed by atoms with van der Waals surface area (Å²) < 4.78 is 0. The molecule has 1 amide bonds. The number of primary amides is 1. The maximum atomic E-state index is 10.7.